The number of aryl methyl sites for hydroxylation is 1. The number of benzene rings is 1. The van der Waals surface area contributed by atoms with Gasteiger partial charge in [0.25, 0.3) is 0 Å². The van der Waals surface area contributed by atoms with Gasteiger partial charge in [0.15, 0.2) is 0 Å². The fraction of sp³-hybridized carbons (Fsp3) is 0.533. The lowest BCUT2D eigenvalue weighted by Gasteiger charge is -2.25. The SMILES string of the molecule is CCOc1cccc2c1nc(N)n2CCC1CCC1. The third-order valence-electron chi connectivity index (χ3n) is 4.06. The van der Waals surface area contributed by atoms with Crippen LogP contribution in [0.4, 0.5) is 5.95 Å². The Morgan fingerprint density at radius 1 is 1.42 bits per heavy atom. The average Bonchev–Trinajstić information content (AvgIpc) is 2.66. The number of fused-ring (bicyclic) bond motifs is 1. The molecule has 0 saturated heterocycles. The molecular formula is C15H21N3O. The molecule has 0 atom stereocenters. The van der Waals surface area contributed by atoms with Crippen LogP contribution in [0.1, 0.15) is 32.6 Å². The van der Waals surface area contributed by atoms with Gasteiger partial charge in [-0.3, -0.25) is 0 Å². The number of anilines is 1. The van der Waals surface area contributed by atoms with Crippen LogP contribution < -0.4 is 10.5 Å². The summed E-state index contributed by atoms with van der Waals surface area (Å²) in [5.74, 6) is 2.31. The monoisotopic (exact) mass is 259 g/mol. The zero-order valence-electron chi connectivity index (χ0n) is 11.4. The van der Waals surface area contributed by atoms with Gasteiger partial charge in [0.2, 0.25) is 5.95 Å². The molecule has 1 heterocycles. The van der Waals surface area contributed by atoms with Crippen molar-refractivity contribution in [2.75, 3.05) is 12.3 Å². The number of hydrogen-bond donors (Lipinski definition) is 1. The van der Waals surface area contributed by atoms with Crippen LogP contribution >= 0.6 is 0 Å². The first kappa shape index (κ1) is 12.3. The molecule has 2 aromatic rings. The Hall–Kier alpha value is -1.71. The molecule has 0 radical (unpaired) electrons. The molecule has 0 bridgehead atoms. The molecule has 3 rings (SSSR count). The maximum absolute atomic E-state index is 6.06. The van der Waals surface area contributed by atoms with E-state index >= 15 is 0 Å². The van der Waals surface area contributed by atoms with Crippen molar-refractivity contribution in [3.63, 3.8) is 0 Å². The maximum atomic E-state index is 6.06. The molecule has 4 heteroatoms. The molecule has 0 spiro atoms. The number of para-hydroxylation sites is 1. The Morgan fingerprint density at radius 2 is 2.26 bits per heavy atom. The zero-order valence-corrected chi connectivity index (χ0v) is 11.4. The van der Waals surface area contributed by atoms with Gasteiger partial charge in [-0.2, -0.15) is 0 Å². The minimum absolute atomic E-state index is 0.599. The summed E-state index contributed by atoms with van der Waals surface area (Å²) in [4.78, 5) is 4.47. The van der Waals surface area contributed by atoms with Crippen molar-refractivity contribution in [1.82, 2.24) is 9.55 Å². The summed E-state index contributed by atoms with van der Waals surface area (Å²) in [5.41, 5.74) is 8.03. The van der Waals surface area contributed by atoms with Gasteiger partial charge >= 0.3 is 0 Å². The van der Waals surface area contributed by atoms with Gasteiger partial charge in [0.1, 0.15) is 11.3 Å². The van der Waals surface area contributed by atoms with E-state index in [4.69, 9.17) is 10.5 Å². The number of aromatic nitrogens is 2. The number of ether oxygens (including phenoxy) is 1. The quantitative estimate of drug-likeness (QED) is 0.897. The van der Waals surface area contributed by atoms with Crippen LogP contribution in [0.5, 0.6) is 5.75 Å². The van der Waals surface area contributed by atoms with Crippen molar-refractivity contribution < 1.29 is 4.74 Å². The van der Waals surface area contributed by atoms with E-state index in [0.29, 0.717) is 12.6 Å². The first-order valence-electron chi connectivity index (χ1n) is 7.17. The van der Waals surface area contributed by atoms with Crippen molar-refractivity contribution >= 4 is 17.0 Å². The summed E-state index contributed by atoms with van der Waals surface area (Å²) in [6.45, 7) is 3.59. The van der Waals surface area contributed by atoms with Crippen molar-refractivity contribution in [2.24, 2.45) is 5.92 Å². The molecule has 0 unspecified atom stereocenters. The zero-order chi connectivity index (χ0) is 13.2. The number of hydrogen-bond acceptors (Lipinski definition) is 3. The number of nitrogens with two attached hydrogens (primary N) is 1. The molecule has 0 amide bonds. The molecule has 19 heavy (non-hydrogen) atoms. The molecule has 1 aromatic heterocycles. The lowest BCUT2D eigenvalue weighted by molar-refractivity contribution is 0.284. The average molecular weight is 259 g/mol. The second kappa shape index (κ2) is 5.11. The Balaban J connectivity index is 1.89. The minimum atomic E-state index is 0.599. The van der Waals surface area contributed by atoms with E-state index in [1.54, 1.807) is 0 Å². The van der Waals surface area contributed by atoms with E-state index < -0.39 is 0 Å². The van der Waals surface area contributed by atoms with E-state index in [0.717, 1.165) is 29.2 Å². The normalized spacial score (nSPS) is 15.6. The van der Waals surface area contributed by atoms with Crippen LogP contribution in [0.2, 0.25) is 0 Å². The number of nitrogens with zero attached hydrogens (tertiary/aromatic N) is 2. The molecule has 1 aliphatic carbocycles. The smallest absolute Gasteiger partial charge is 0.201 e. The van der Waals surface area contributed by atoms with E-state index in [9.17, 15) is 0 Å². The predicted octanol–water partition coefficient (Wildman–Crippen LogP) is 3.21. The Kier molecular flexibility index (Phi) is 3.32. The highest BCUT2D eigenvalue weighted by Crippen LogP contribution is 2.32. The number of nitrogen functional groups attached to an aromatic ring is 1. The molecule has 4 nitrogen and oxygen atoms in total. The van der Waals surface area contributed by atoms with Gasteiger partial charge in [-0.15, -0.1) is 0 Å². The Bertz CT molecular complexity index is 572. The van der Waals surface area contributed by atoms with Crippen LogP contribution in [0.15, 0.2) is 18.2 Å². The minimum Gasteiger partial charge on any atom is -0.492 e. The third kappa shape index (κ3) is 2.27. The van der Waals surface area contributed by atoms with Gasteiger partial charge in [-0.25, -0.2) is 4.98 Å². The number of imidazole rings is 1. The molecule has 1 aliphatic rings. The second-order valence-electron chi connectivity index (χ2n) is 5.26. The van der Waals surface area contributed by atoms with Crippen LogP contribution in [0.25, 0.3) is 11.0 Å². The molecule has 102 valence electrons. The Labute approximate surface area is 113 Å². The largest absolute Gasteiger partial charge is 0.492 e. The van der Waals surface area contributed by atoms with Crippen molar-refractivity contribution in [2.45, 2.75) is 39.2 Å². The van der Waals surface area contributed by atoms with Crippen molar-refractivity contribution in [3.8, 4) is 5.75 Å². The number of rotatable bonds is 5. The fourth-order valence-electron chi connectivity index (χ4n) is 2.74. The van der Waals surface area contributed by atoms with E-state index in [1.807, 2.05) is 19.1 Å². The fourth-order valence-corrected chi connectivity index (χ4v) is 2.74. The standard InChI is InChI=1S/C15H21N3O/c1-2-19-13-8-4-7-12-14(13)17-15(16)18(12)10-9-11-5-3-6-11/h4,7-8,11H,2-3,5-6,9-10H2,1H3,(H2,16,17). The summed E-state index contributed by atoms with van der Waals surface area (Å²) in [6, 6.07) is 6.03. The molecule has 2 N–H and O–H groups in total. The highest BCUT2D eigenvalue weighted by Gasteiger charge is 2.18. The van der Waals surface area contributed by atoms with Crippen molar-refractivity contribution in [1.29, 1.82) is 0 Å². The molecule has 0 aliphatic heterocycles. The van der Waals surface area contributed by atoms with Gasteiger partial charge in [-0.05, 0) is 31.4 Å². The van der Waals surface area contributed by atoms with E-state index in [1.165, 1.54) is 25.7 Å². The molecular weight excluding hydrogens is 238 g/mol. The van der Waals surface area contributed by atoms with Crippen LogP contribution in [0, 0.1) is 5.92 Å². The van der Waals surface area contributed by atoms with Crippen LogP contribution in [-0.2, 0) is 6.54 Å². The Morgan fingerprint density at radius 3 is 2.95 bits per heavy atom. The van der Waals surface area contributed by atoms with E-state index in [-0.39, 0.29) is 0 Å². The maximum Gasteiger partial charge on any atom is 0.201 e. The second-order valence-corrected chi connectivity index (χ2v) is 5.26. The van der Waals surface area contributed by atoms with Gasteiger partial charge in [-0.1, -0.05) is 25.3 Å². The summed E-state index contributed by atoms with van der Waals surface area (Å²) in [7, 11) is 0. The lowest BCUT2D eigenvalue weighted by atomic mass is 9.83. The summed E-state index contributed by atoms with van der Waals surface area (Å²) in [5, 5.41) is 0. The first-order valence-corrected chi connectivity index (χ1v) is 7.17. The predicted molar refractivity (Wildman–Crippen MR) is 77.3 cm³/mol. The van der Waals surface area contributed by atoms with Gasteiger partial charge in [0.05, 0.1) is 12.1 Å². The highest BCUT2D eigenvalue weighted by molar-refractivity contribution is 5.84. The summed E-state index contributed by atoms with van der Waals surface area (Å²) < 4.78 is 7.74. The highest BCUT2D eigenvalue weighted by atomic mass is 16.5. The summed E-state index contributed by atoms with van der Waals surface area (Å²) in [6.07, 6.45) is 5.33. The van der Waals surface area contributed by atoms with Crippen molar-refractivity contribution in [3.05, 3.63) is 18.2 Å². The molecule has 1 aromatic carbocycles. The van der Waals surface area contributed by atoms with Gasteiger partial charge in [0, 0.05) is 6.54 Å². The van der Waals surface area contributed by atoms with Gasteiger partial charge < -0.3 is 15.0 Å². The van der Waals surface area contributed by atoms with Crippen LogP contribution in [-0.4, -0.2) is 16.2 Å². The molecule has 1 fully saturated rings. The first-order chi connectivity index (χ1) is 9.29. The van der Waals surface area contributed by atoms with Crippen LogP contribution in [0.3, 0.4) is 0 Å². The van der Waals surface area contributed by atoms with E-state index in [2.05, 4.69) is 15.6 Å². The lowest BCUT2D eigenvalue weighted by Crippen LogP contribution is -2.14. The summed E-state index contributed by atoms with van der Waals surface area (Å²) >= 11 is 0. The third-order valence-corrected chi connectivity index (χ3v) is 4.06. The molecule has 1 saturated carbocycles. The topological polar surface area (TPSA) is 53.1 Å².